The number of aromatic amines is 1. The molecule has 0 spiro atoms. The summed E-state index contributed by atoms with van der Waals surface area (Å²) in [5.74, 6) is 0.635. The van der Waals surface area contributed by atoms with E-state index in [2.05, 4.69) is 25.0 Å². The highest BCUT2D eigenvalue weighted by molar-refractivity contribution is 5.60. The standard InChI is InChI=1S/C10H14N6O3/c1-2-16-8(11)7(9(17)14-10(16)18)12-4-3-6-13-5-19-15-6/h5,12H,2-4,11H2,1H3,(H,14,17,18). The Labute approximate surface area is 107 Å². The van der Waals surface area contributed by atoms with Crippen molar-refractivity contribution in [3.8, 4) is 0 Å². The number of rotatable bonds is 5. The Morgan fingerprint density at radius 3 is 2.95 bits per heavy atom. The first-order valence-electron chi connectivity index (χ1n) is 5.75. The molecular formula is C10H14N6O3. The number of nitrogens with one attached hydrogen (secondary N) is 2. The van der Waals surface area contributed by atoms with Crippen molar-refractivity contribution in [1.29, 1.82) is 0 Å². The molecule has 4 N–H and O–H groups in total. The van der Waals surface area contributed by atoms with Gasteiger partial charge in [0.15, 0.2) is 5.82 Å². The molecule has 0 bridgehead atoms. The second-order valence-electron chi connectivity index (χ2n) is 3.79. The Kier molecular flexibility index (Phi) is 3.64. The third-order valence-corrected chi connectivity index (χ3v) is 2.61. The highest BCUT2D eigenvalue weighted by Crippen LogP contribution is 2.09. The van der Waals surface area contributed by atoms with Crippen molar-refractivity contribution in [2.24, 2.45) is 0 Å². The smallest absolute Gasteiger partial charge is 0.330 e. The minimum atomic E-state index is -0.541. The summed E-state index contributed by atoms with van der Waals surface area (Å²) in [4.78, 5) is 29.2. The van der Waals surface area contributed by atoms with E-state index in [-0.39, 0.29) is 11.5 Å². The van der Waals surface area contributed by atoms with Gasteiger partial charge in [-0.3, -0.25) is 14.3 Å². The van der Waals surface area contributed by atoms with E-state index in [4.69, 9.17) is 5.73 Å². The highest BCUT2D eigenvalue weighted by Gasteiger charge is 2.10. The Hall–Kier alpha value is -2.58. The number of hydrogen-bond acceptors (Lipinski definition) is 7. The maximum Gasteiger partial charge on any atom is 0.330 e. The lowest BCUT2D eigenvalue weighted by Gasteiger charge is -2.11. The molecule has 0 aliphatic rings. The van der Waals surface area contributed by atoms with Crippen molar-refractivity contribution in [2.75, 3.05) is 17.6 Å². The first-order chi connectivity index (χ1) is 9.13. The maximum atomic E-state index is 11.7. The molecule has 0 atom stereocenters. The molecule has 0 radical (unpaired) electrons. The van der Waals surface area contributed by atoms with Gasteiger partial charge < -0.3 is 15.6 Å². The Morgan fingerprint density at radius 2 is 2.32 bits per heavy atom. The van der Waals surface area contributed by atoms with Crippen molar-refractivity contribution < 1.29 is 4.52 Å². The third-order valence-electron chi connectivity index (χ3n) is 2.61. The van der Waals surface area contributed by atoms with Crippen molar-refractivity contribution in [1.82, 2.24) is 19.7 Å². The molecular weight excluding hydrogens is 252 g/mol. The van der Waals surface area contributed by atoms with Gasteiger partial charge in [0.25, 0.3) is 5.56 Å². The van der Waals surface area contributed by atoms with Gasteiger partial charge in [0.1, 0.15) is 11.5 Å². The van der Waals surface area contributed by atoms with Crippen LogP contribution in [-0.2, 0) is 13.0 Å². The molecule has 0 saturated carbocycles. The van der Waals surface area contributed by atoms with Crippen LogP contribution >= 0.6 is 0 Å². The Bertz CT molecular complexity index is 657. The topological polar surface area (TPSA) is 132 Å². The van der Waals surface area contributed by atoms with Crippen LogP contribution in [0.5, 0.6) is 0 Å². The minimum absolute atomic E-state index is 0.115. The van der Waals surface area contributed by atoms with E-state index in [0.717, 1.165) is 0 Å². The monoisotopic (exact) mass is 266 g/mol. The molecule has 0 aliphatic heterocycles. The van der Waals surface area contributed by atoms with Crippen LogP contribution in [0.2, 0.25) is 0 Å². The molecule has 0 unspecified atom stereocenters. The van der Waals surface area contributed by atoms with E-state index < -0.39 is 11.2 Å². The summed E-state index contributed by atoms with van der Waals surface area (Å²) in [6.45, 7) is 2.54. The van der Waals surface area contributed by atoms with Crippen molar-refractivity contribution in [2.45, 2.75) is 19.9 Å². The van der Waals surface area contributed by atoms with Crippen LogP contribution in [0.3, 0.4) is 0 Å². The van der Waals surface area contributed by atoms with Crippen molar-refractivity contribution >= 4 is 11.5 Å². The number of hydrogen-bond donors (Lipinski definition) is 3. The molecule has 102 valence electrons. The number of nitrogens with zero attached hydrogens (tertiary/aromatic N) is 3. The van der Waals surface area contributed by atoms with Crippen LogP contribution in [0, 0.1) is 0 Å². The Balaban J connectivity index is 2.16. The van der Waals surface area contributed by atoms with Gasteiger partial charge in [-0.25, -0.2) is 4.79 Å². The van der Waals surface area contributed by atoms with Crippen LogP contribution in [0.15, 0.2) is 20.5 Å². The number of nitrogen functional groups attached to an aromatic ring is 1. The van der Waals surface area contributed by atoms with Gasteiger partial charge in [0.05, 0.1) is 0 Å². The molecule has 0 saturated heterocycles. The lowest BCUT2D eigenvalue weighted by atomic mass is 10.3. The number of nitrogens with two attached hydrogens (primary N) is 1. The summed E-state index contributed by atoms with van der Waals surface area (Å²) in [5.41, 5.74) is 4.90. The van der Waals surface area contributed by atoms with Crippen LogP contribution in [-0.4, -0.2) is 26.2 Å². The van der Waals surface area contributed by atoms with Crippen LogP contribution in [0.25, 0.3) is 0 Å². The van der Waals surface area contributed by atoms with E-state index in [1.165, 1.54) is 11.0 Å². The number of anilines is 2. The fraction of sp³-hybridized carbons (Fsp3) is 0.400. The summed E-state index contributed by atoms with van der Waals surface area (Å²) >= 11 is 0. The van der Waals surface area contributed by atoms with Gasteiger partial charge in [0.2, 0.25) is 6.39 Å². The second-order valence-corrected chi connectivity index (χ2v) is 3.79. The Morgan fingerprint density at radius 1 is 1.53 bits per heavy atom. The predicted octanol–water partition coefficient (Wildman–Crippen LogP) is -0.824. The zero-order valence-corrected chi connectivity index (χ0v) is 10.3. The molecule has 19 heavy (non-hydrogen) atoms. The zero-order valence-electron chi connectivity index (χ0n) is 10.3. The van der Waals surface area contributed by atoms with E-state index in [1.54, 1.807) is 6.92 Å². The zero-order chi connectivity index (χ0) is 13.8. The molecule has 9 heteroatoms. The second kappa shape index (κ2) is 5.38. The van der Waals surface area contributed by atoms with Crippen molar-refractivity contribution in [3.63, 3.8) is 0 Å². The fourth-order valence-electron chi connectivity index (χ4n) is 1.67. The molecule has 0 amide bonds. The maximum absolute atomic E-state index is 11.7. The lowest BCUT2D eigenvalue weighted by Crippen LogP contribution is -2.34. The summed E-state index contributed by atoms with van der Waals surface area (Å²) < 4.78 is 5.87. The van der Waals surface area contributed by atoms with Gasteiger partial charge in [0, 0.05) is 19.5 Å². The van der Waals surface area contributed by atoms with Gasteiger partial charge in [-0.1, -0.05) is 5.16 Å². The molecule has 2 rings (SSSR count). The van der Waals surface area contributed by atoms with Gasteiger partial charge in [-0.2, -0.15) is 4.98 Å². The summed E-state index contributed by atoms with van der Waals surface area (Å²) in [5, 5.41) is 6.51. The van der Waals surface area contributed by atoms with Gasteiger partial charge >= 0.3 is 5.69 Å². The van der Waals surface area contributed by atoms with Gasteiger partial charge in [-0.15, -0.1) is 0 Å². The molecule has 9 nitrogen and oxygen atoms in total. The SMILES string of the molecule is CCn1c(N)c(NCCc2ncon2)c(=O)[nH]c1=O. The lowest BCUT2D eigenvalue weighted by molar-refractivity contribution is 0.410. The summed E-state index contributed by atoms with van der Waals surface area (Å²) in [6.07, 6.45) is 1.70. The summed E-state index contributed by atoms with van der Waals surface area (Å²) in [6, 6.07) is 0. The molecule has 2 heterocycles. The average Bonchev–Trinajstić information content (AvgIpc) is 2.86. The predicted molar refractivity (Wildman–Crippen MR) is 67.9 cm³/mol. The average molecular weight is 266 g/mol. The van der Waals surface area contributed by atoms with Crippen molar-refractivity contribution in [3.05, 3.63) is 33.1 Å². The normalized spacial score (nSPS) is 10.6. The first kappa shape index (κ1) is 12.9. The summed E-state index contributed by atoms with van der Waals surface area (Å²) in [7, 11) is 0. The number of H-pyrrole nitrogens is 1. The highest BCUT2D eigenvalue weighted by atomic mass is 16.5. The third kappa shape index (κ3) is 2.64. The van der Waals surface area contributed by atoms with Gasteiger partial charge in [-0.05, 0) is 6.92 Å². The van der Waals surface area contributed by atoms with Crippen LogP contribution < -0.4 is 22.3 Å². The minimum Gasteiger partial charge on any atom is -0.383 e. The molecule has 2 aromatic heterocycles. The largest absolute Gasteiger partial charge is 0.383 e. The van der Waals surface area contributed by atoms with E-state index in [1.807, 2.05) is 0 Å². The van der Waals surface area contributed by atoms with E-state index in [9.17, 15) is 9.59 Å². The molecule has 0 aromatic carbocycles. The molecule has 0 aliphatic carbocycles. The molecule has 2 aromatic rings. The first-order valence-corrected chi connectivity index (χ1v) is 5.75. The molecule has 0 fully saturated rings. The van der Waals surface area contributed by atoms with Crippen LogP contribution in [0.1, 0.15) is 12.7 Å². The van der Waals surface area contributed by atoms with E-state index >= 15 is 0 Å². The van der Waals surface area contributed by atoms with Crippen LogP contribution in [0.4, 0.5) is 11.5 Å². The van der Waals surface area contributed by atoms with E-state index in [0.29, 0.717) is 25.3 Å². The number of aromatic nitrogens is 4. The fourth-order valence-corrected chi connectivity index (χ4v) is 1.67. The quantitative estimate of drug-likeness (QED) is 0.643.